The van der Waals surface area contributed by atoms with E-state index in [1.807, 2.05) is 0 Å². The molecule has 2 fully saturated rings. The van der Waals surface area contributed by atoms with Crippen LogP contribution >= 0.6 is 0 Å². The van der Waals surface area contributed by atoms with Crippen molar-refractivity contribution in [2.75, 3.05) is 20.2 Å². The second-order valence-corrected chi connectivity index (χ2v) is 6.30. The molecule has 1 heterocycles. The van der Waals surface area contributed by atoms with E-state index in [0.717, 1.165) is 51.6 Å². The predicted molar refractivity (Wildman–Crippen MR) is 77.6 cm³/mol. The minimum Gasteiger partial charge on any atom is -0.388 e. The Balaban J connectivity index is 1.82. The number of hydrogen-bond donors (Lipinski definition) is 2. The summed E-state index contributed by atoms with van der Waals surface area (Å²) in [6.45, 7) is 3.28. The third-order valence-electron chi connectivity index (χ3n) is 4.57. The van der Waals surface area contributed by atoms with Crippen LogP contribution in [0.25, 0.3) is 0 Å². The van der Waals surface area contributed by atoms with Gasteiger partial charge < -0.3 is 20.1 Å². The second-order valence-electron chi connectivity index (χ2n) is 6.30. The molecule has 0 aromatic carbocycles. The molecule has 1 saturated carbocycles. The van der Waals surface area contributed by atoms with E-state index >= 15 is 0 Å². The number of nitrogens with zero attached hydrogens (tertiary/aromatic N) is 1. The lowest BCUT2D eigenvalue weighted by Gasteiger charge is -2.31. The Hall–Kier alpha value is -0.810. The summed E-state index contributed by atoms with van der Waals surface area (Å²) in [6.07, 6.45) is 6.82. The molecular weight excluding hydrogens is 256 g/mol. The number of carbonyl (C=O) groups is 1. The maximum atomic E-state index is 12.2. The van der Waals surface area contributed by atoms with Gasteiger partial charge in [-0.1, -0.05) is 19.8 Å². The highest BCUT2D eigenvalue weighted by molar-refractivity contribution is 5.74. The topological polar surface area (TPSA) is 61.8 Å². The van der Waals surface area contributed by atoms with Crippen molar-refractivity contribution >= 4 is 6.03 Å². The summed E-state index contributed by atoms with van der Waals surface area (Å²) < 4.78 is 5.66. The molecule has 2 unspecified atom stereocenters. The second kappa shape index (κ2) is 6.76. The minimum atomic E-state index is -0.683. The zero-order valence-corrected chi connectivity index (χ0v) is 12.7. The summed E-state index contributed by atoms with van der Waals surface area (Å²) in [7, 11) is 1.76. The Morgan fingerprint density at radius 2 is 2.15 bits per heavy atom. The third-order valence-corrected chi connectivity index (χ3v) is 4.57. The summed E-state index contributed by atoms with van der Waals surface area (Å²) in [5, 5.41) is 13.4. The third kappa shape index (κ3) is 3.85. The van der Waals surface area contributed by atoms with Crippen LogP contribution in [0.3, 0.4) is 0 Å². The van der Waals surface area contributed by atoms with Gasteiger partial charge in [0.05, 0.1) is 24.3 Å². The molecule has 1 aliphatic heterocycles. The molecule has 20 heavy (non-hydrogen) atoms. The van der Waals surface area contributed by atoms with Gasteiger partial charge in [-0.05, 0) is 32.1 Å². The van der Waals surface area contributed by atoms with Gasteiger partial charge in [0.15, 0.2) is 0 Å². The number of likely N-dealkylation sites (N-methyl/N-ethyl adjacent to an activating group) is 1. The molecule has 0 radical (unpaired) electrons. The molecule has 2 amide bonds. The summed E-state index contributed by atoms with van der Waals surface area (Å²) in [4.78, 5) is 13.9. The molecule has 0 spiro atoms. The molecule has 116 valence electrons. The Morgan fingerprint density at radius 3 is 2.70 bits per heavy atom. The van der Waals surface area contributed by atoms with Gasteiger partial charge in [0.25, 0.3) is 0 Å². The van der Waals surface area contributed by atoms with Crippen molar-refractivity contribution in [1.82, 2.24) is 10.2 Å². The van der Waals surface area contributed by atoms with Crippen LogP contribution in [0.2, 0.25) is 0 Å². The molecule has 0 aromatic heterocycles. The van der Waals surface area contributed by atoms with Crippen LogP contribution in [0.15, 0.2) is 0 Å². The number of carbonyl (C=O) groups excluding carboxylic acids is 1. The molecule has 2 aliphatic rings. The highest BCUT2D eigenvalue weighted by Gasteiger charge is 2.34. The van der Waals surface area contributed by atoms with Crippen molar-refractivity contribution in [2.24, 2.45) is 0 Å². The van der Waals surface area contributed by atoms with Crippen LogP contribution in [-0.2, 0) is 4.74 Å². The van der Waals surface area contributed by atoms with Gasteiger partial charge >= 0.3 is 6.03 Å². The van der Waals surface area contributed by atoms with Crippen LogP contribution in [0, 0.1) is 0 Å². The minimum absolute atomic E-state index is 0.0747. The molecule has 1 aliphatic carbocycles. The van der Waals surface area contributed by atoms with E-state index in [9.17, 15) is 9.90 Å². The van der Waals surface area contributed by atoms with Crippen molar-refractivity contribution in [3.63, 3.8) is 0 Å². The predicted octanol–water partition coefficient (Wildman–Crippen LogP) is 1.89. The van der Waals surface area contributed by atoms with Gasteiger partial charge in [0, 0.05) is 13.7 Å². The molecule has 2 N–H and O–H groups in total. The van der Waals surface area contributed by atoms with Crippen LogP contribution in [0.5, 0.6) is 0 Å². The quantitative estimate of drug-likeness (QED) is 0.810. The fraction of sp³-hybridized carbons (Fsp3) is 0.933. The molecule has 5 nitrogen and oxygen atoms in total. The Morgan fingerprint density at radius 1 is 1.45 bits per heavy atom. The Bertz CT molecular complexity index is 323. The monoisotopic (exact) mass is 284 g/mol. The zero-order chi connectivity index (χ0) is 14.6. The van der Waals surface area contributed by atoms with Crippen LogP contribution in [-0.4, -0.2) is 54.0 Å². The standard InChI is InChI=1S/C15H28N2O3/c1-3-12(13-7-6-10-20-13)16-14(18)17(2)11-15(19)8-4-5-9-15/h12-13,19H,3-11H2,1-2H3,(H,16,18). The van der Waals surface area contributed by atoms with Crippen molar-refractivity contribution in [1.29, 1.82) is 0 Å². The summed E-state index contributed by atoms with van der Waals surface area (Å²) in [6, 6.07) is -0.0293. The average molecular weight is 284 g/mol. The maximum absolute atomic E-state index is 12.2. The van der Waals surface area contributed by atoms with Crippen molar-refractivity contribution < 1.29 is 14.6 Å². The van der Waals surface area contributed by atoms with E-state index in [0.29, 0.717) is 6.54 Å². The number of amides is 2. The molecular formula is C15H28N2O3. The lowest BCUT2D eigenvalue weighted by atomic mass is 10.0. The van der Waals surface area contributed by atoms with Crippen molar-refractivity contribution in [3.05, 3.63) is 0 Å². The molecule has 2 rings (SSSR count). The van der Waals surface area contributed by atoms with Gasteiger partial charge in [-0.3, -0.25) is 0 Å². The number of rotatable bonds is 5. The van der Waals surface area contributed by atoms with Crippen LogP contribution in [0.1, 0.15) is 51.9 Å². The van der Waals surface area contributed by atoms with E-state index in [1.165, 1.54) is 0 Å². The fourth-order valence-corrected chi connectivity index (χ4v) is 3.35. The van der Waals surface area contributed by atoms with Crippen molar-refractivity contribution in [3.8, 4) is 0 Å². The lowest BCUT2D eigenvalue weighted by molar-refractivity contribution is 0.0229. The molecule has 1 saturated heterocycles. The summed E-state index contributed by atoms with van der Waals surface area (Å²) >= 11 is 0. The Labute approximate surface area is 121 Å². The van der Waals surface area contributed by atoms with Gasteiger partial charge in [-0.25, -0.2) is 4.79 Å². The largest absolute Gasteiger partial charge is 0.388 e. The van der Waals surface area contributed by atoms with Gasteiger partial charge in [0.2, 0.25) is 0 Å². The SMILES string of the molecule is CCC(NC(=O)N(C)CC1(O)CCCC1)C1CCCO1. The van der Waals surface area contributed by atoms with E-state index < -0.39 is 5.60 Å². The summed E-state index contributed by atoms with van der Waals surface area (Å²) in [5.74, 6) is 0. The van der Waals surface area contributed by atoms with Crippen molar-refractivity contribution in [2.45, 2.75) is 69.6 Å². The first kappa shape index (κ1) is 15.6. The number of urea groups is 1. The molecule has 5 heteroatoms. The Kier molecular flexibility index (Phi) is 5.27. The molecule has 2 atom stereocenters. The van der Waals surface area contributed by atoms with Gasteiger partial charge in [-0.15, -0.1) is 0 Å². The van der Waals surface area contributed by atoms with Crippen LogP contribution in [0.4, 0.5) is 4.79 Å². The van der Waals surface area contributed by atoms with Crippen LogP contribution < -0.4 is 5.32 Å². The average Bonchev–Trinajstić information content (AvgIpc) is 3.07. The van der Waals surface area contributed by atoms with E-state index in [-0.39, 0.29) is 18.2 Å². The maximum Gasteiger partial charge on any atom is 0.317 e. The summed E-state index contributed by atoms with van der Waals surface area (Å²) in [5.41, 5.74) is -0.683. The lowest BCUT2D eigenvalue weighted by Crippen LogP contribution is -2.51. The first-order valence-corrected chi connectivity index (χ1v) is 7.90. The highest BCUT2D eigenvalue weighted by Crippen LogP contribution is 2.30. The van der Waals surface area contributed by atoms with E-state index in [1.54, 1.807) is 11.9 Å². The van der Waals surface area contributed by atoms with Gasteiger partial charge in [0.1, 0.15) is 0 Å². The number of nitrogens with one attached hydrogen (secondary N) is 1. The number of ether oxygens (including phenoxy) is 1. The van der Waals surface area contributed by atoms with Gasteiger partial charge in [-0.2, -0.15) is 0 Å². The fourth-order valence-electron chi connectivity index (χ4n) is 3.35. The first-order chi connectivity index (χ1) is 9.54. The highest BCUT2D eigenvalue weighted by atomic mass is 16.5. The zero-order valence-electron chi connectivity index (χ0n) is 12.7. The molecule has 0 aromatic rings. The molecule has 0 bridgehead atoms. The van der Waals surface area contributed by atoms with E-state index in [4.69, 9.17) is 4.74 Å². The smallest absolute Gasteiger partial charge is 0.317 e. The number of aliphatic hydroxyl groups is 1. The first-order valence-electron chi connectivity index (χ1n) is 7.90. The normalized spacial score (nSPS) is 26.4. The van der Waals surface area contributed by atoms with E-state index in [2.05, 4.69) is 12.2 Å². The number of hydrogen-bond acceptors (Lipinski definition) is 3.